The second-order valence-electron chi connectivity index (χ2n) is 7.87. The molecule has 1 aromatic carbocycles. The summed E-state index contributed by atoms with van der Waals surface area (Å²) in [5, 5.41) is 2.47. The Kier molecular flexibility index (Phi) is 6.44. The van der Waals surface area contributed by atoms with Crippen LogP contribution >= 0.6 is 0 Å². The molecule has 10 nitrogen and oxygen atoms in total. The Labute approximate surface area is 178 Å². The van der Waals surface area contributed by atoms with E-state index in [1.54, 1.807) is 18.2 Å². The lowest BCUT2D eigenvalue weighted by molar-refractivity contribution is -0.121. The fourth-order valence-electron chi connectivity index (χ4n) is 3.76. The van der Waals surface area contributed by atoms with Crippen LogP contribution < -0.4 is 10.1 Å². The maximum atomic E-state index is 13.3. The van der Waals surface area contributed by atoms with E-state index in [9.17, 15) is 21.6 Å². The minimum absolute atomic E-state index is 0.0244. The van der Waals surface area contributed by atoms with E-state index in [0.717, 1.165) is 4.31 Å². The molecule has 3 rings (SSSR count). The molecule has 0 aromatic heterocycles. The zero-order chi connectivity index (χ0) is 22.2. The number of carbonyl (C=O) groups is 1. The lowest BCUT2D eigenvalue weighted by atomic mass is 9.79. The highest BCUT2D eigenvalue weighted by Gasteiger charge is 2.45. The van der Waals surface area contributed by atoms with Crippen molar-refractivity contribution in [2.75, 3.05) is 53.9 Å². The highest BCUT2D eigenvalue weighted by atomic mass is 32.2. The minimum atomic E-state index is -3.97. The predicted octanol–water partition coefficient (Wildman–Crippen LogP) is -0.296. The van der Waals surface area contributed by atoms with Crippen LogP contribution in [0.5, 0.6) is 5.75 Å². The average Bonchev–Trinajstić information content (AvgIpc) is 2.71. The van der Waals surface area contributed by atoms with Crippen LogP contribution in [0.3, 0.4) is 0 Å². The summed E-state index contributed by atoms with van der Waals surface area (Å²) < 4.78 is 61.2. The van der Waals surface area contributed by atoms with Crippen LogP contribution in [0.25, 0.3) is 0 Å². The minimum Gasteiger partial charge on any atom is -0.492 e. The quantitative estimate of drug-likeness (QED) is 0.660. The van der Waals surface area contributed by atoms with E-state index in [-0.39, 0.29) is 43.4 Å². The van der Waals surface area contributed by atoms with Gasteiger partial charge in [-0.25, -0.2) is 8.42 Å². The summed E-state index contributed by atoms with van der Waals surface area (Å²) in [7, 11) is -3.11. The van der Waals surface area contributed by atoms with E-state index in [2.05, 4.69) is 5.32 Å². The molecule has 0 unspecified atom stereocenters. The summed E-state index contributed by atoms with van der Waals surface area (Å²) in [6.45, 7) is 0.500. The Bertz CT molecular complexity index is 1000. The molecular weight excluding hydrogens is 432 g/mol. The molecule has 1 N–H and O–H groups in total. The van der Waals surface area contributed by atoms with Crippen LogP contribution in [0.4, 0.5) is 0 Å². The van der Waals surface area contributed by atoms with Gasteiger partial charge in [0, 0.05) is 46.2 Å². The molecule has 1 saturated heterocycles. The van der Waals surface area contributed by atoms with Gasteiger partial charge in [-0.2, -0.15) is 21.3 Å². The van der Waals surface area contributed by atoms with Gasteiger partial charge < -0.3 is 10.1 Å². The van der Waals surface area contributed by atoms with Crippen molar-refractivity contribution in [2.45, 2.75) is 17.7 Å². The number of piperidine rings is 1. The number of nitrogens with one attached hydrogen (secondary N) is 1. The second-order valence-corrected chi connectivity index (χ2v) is 11.9. The van der Waals surface area contributed by atoms with Crippen molar-refractivity contribution in [3.8, 4) is 5.75 Å². The number of likely N-dealkylation sites (N-methyl/N-ethyl adjacent to an activating group) is 1. The van der Waals surface area contributed by atoms with Crippen LogP contribution in [-0.2, 0) is 25.0 Å². The maximum absolute atomic E-state index is 13.3. The Morgan fingerprint density at radius 2 is 1.87 bits per heavy atom. The van der Waals surface area contributed by atoms with Crippen molar-refractivity contribution >= 4 is 26.1 Å². The molecule has 1 spiro atoms. The van der Waals surface area contributed by atoms with Crippen LogP contribution in [0.1, 0.15) is 12.8 Å². The molecule has 12 heteroatoms. The fourth-order valence-corrected chi connectivity index (χ4v) is 6.51. The van der Waals surface area contributed by atoms with Crippen molar-refractivity contribution in [2.24, 2.45) is 5.41 Å². The highest BCUT2D eigenvalue weighted by Crippen LogP contribution is 2.39. The van der Waals surface area contributed by atoms with E-state index in [1.807, 2.05) is 0 Å². The standard InChI is InChI=1S/C18H28N4O6S2/c1-19-17(23)12-22-13-18(8-10-21(11-9-18)30(26,27)20(2)3)14-28-15-6-4-5-7-16(15)29(22,24)25/h4-7H,8-14H2,1-3H3,(H,19,23). The first-order chi connectivity index (χ1) is 14.0. The number of hydrogen-bond acceptors (Lipinski definition) is 6. The molecule has 2 heterocycles. The SMILES string of the molecule is CNC(=O)CN1CC2(CCN(S(=O)(=O)N(C)C)CC2)COc2ccccc2S1(=O)=O. The van der Waals surface area contributed by atoms with Gasteiger partial charge >= 0.3 is 0 Å². The molecule has 0 atom stereocenters. The summed E-state index contributed by atoms with van der Waals surface area (Å²) in [5.74, 6) is -0.179. The molecule has 0 bridgehead atoms. The van der Waals surface area contributed by atoms with Gasteiger partial charge in [0.05, 0.1) is 13.2 Å². The van der Waals surface area contributed by atoms with Crippen LogP contribution in [-0.4, -0.2) is 89.6 Å². The van der Waals surface area contributed by atoms with Crippen LogP contribution in [0.15, 0.2) is 29.2 Å². The zero-order valence-electron chi connectivity index (χ0n) is 17.4. The number of ether oxygens (including phenoxy) is 1. The summed E-state index contributed by atoms with van der Waals surface area (Å²) in [4.78, 5) is 12.1. The van der Waals surface area contributed by atoms with Gasteiger partial charge in [-0.05, 0) is 25.0 Å². The topological polar surface area (TPSA) is 116 Å². The Balaban J connectivity index is 1.94. The average molecular weight is 461 g/mol. The predicted molar refractivity (Wildman–Crippen MR) is 111 cm³/mol. The monoisotopic (exact) mass is 460 g/mol. The number of sulfonamides is 1. The smallest absolute Gasteiger partial charge is 0.281 e. The van der Waals surface area contributed by atoms with Crippen molar-refractivity contribution in [1.29, 1.82) is 0 Å². The molecule has 2 aliphatic rings. The van der Waals surface area contributed by atoms with Crippen LogP contribution in [0.2, 0.25) is 0 Å². The number of benzene rings is 1. The molecule has 0 saturated carbocycles. The summed E-state index contributed by atoms with van der Waals surface area (Å²) in [5.41, 5.74) is -0.604. The van der Waals surface area contributed by atoms with Crippen molar-refractivity contribution in [3.05, 3.63) is 24.3 Å². The molecule has 2 aliphatic heterocycles. The van der Waals surface area contributed by atoms with E-state index in [0.29, 0.717) is 12.8 Å². The molecule has 0 aliphatic carbocycles. The van der Waals surface area contributed by atoms with E-state index in [4.69, 9.17) is 4.74 Å². The Hall–Kier alpha value is -1.73. The zero-order valence-corrected chi connectivity index (χ0v) is 19.0. The van der Waals surface area contributed by atoms with E-state index >= 15 is 0 Å². The van der Waals surface area contributed by atoms with Gasteiger partial charge in [-0.1, -0.05) is 12.1 Å². The first-order valence-electron chi connectivity index (χ1n) is 9.62. The van der Waals surface area contributed by atoms with Gasteiger partial charge in [-0.3, -0.25) is 4.79 Å². The first kappa shape index (κ1) is 22.9. The molecule has 168 valence electrons. The largest absolute Gasteiger partial charge is 0.492 e. The molecule has 1 aromatic rings. The van der Waals surface area contributed by atoms with Gasteiger partial charge in [0.2, 0.25) is 15.9 Å². The van der Waals surface area contributed by atoms with Crippen LogP contribution in [0, 0.1) is 5.41 Å². The highest BCUT2D eigenvalue weighted by molar-refractivity contribution is 7.89. The van der Waals surface area contributed by atoms with Crippen molar-refractivity contribution in [1.82, 2.24) is 18.2 Å². The summed E-state index contributed by atoms with van der Waals surface area (Å²) >= 11 is 0. The number of carbonyl (C=O) groups excluding carboxylic acids is 1. The van der Waals surface area contributed by atoms with E-state index in [1.165, 1.54) is 35.8 Å². The van der Waals surface area contributed by atoms with Gasteiger partial charge in [0.25, 0.3) is 10.2 Å². The van der Waals surface area contributed by atoms with Gasteiger partial charge in [-0.15, -0.1) is 0 Å². The lowest BCUT2D eigenvalue weighted by Gasteiger charge is -2.44. The van der Waals surface area contributed by atoms with Crippen molar-refractivity contribution < 1.29 is 26.4 Å². The molecule has 0 radical (unpaired) electrons. The maximum Gasteiger partial charge on any atom is 0.281 e. The summed E-state index contributed by atoms with van der Waals surface area (Å²) in [6, 6.07) is 6.36. The third-order valence-corrected chi connectivity index (χ3v) is 9.45. The molecule has 1 amide bonds. The number of amides is 1. The number of hydrogen-bond donors (Lipinski definition) is 1. The number of rotatable bonds is 4. The number of para-hydroxylation sites is 1. The van der Waals surface area contributed by atoms with Crippen molar-refractivity contribution in [3.63, 3.8) is 0 Å². The number of fused-ring (bicyclic) bond motifs is 1. The lowest BCUT2D eigenvalue weighted by Crippen LogP contribution is -2.54. The fraction of sp³-hybridized carbons (Fsp3) is 0.611. The van der Waals surface area contributed by atoms with Gasteiger partial charge in [0.1, 0.15) is 10.6 Å². The second kappa shape index (κ2) is 8.42. The molecule has 30 heavy (non-hydrogen) atoms. The third-order valence-electron chi connectivity index (χ3n) is 5.68. The Morgan fingerprint density at radius 3 is 2.47 bits per heavy atom. The molecular formula is C18H28N4O6S2. The Morgan fingerprint density at radius 1 is 1.23 bits per heavy atom. The van der Waals surface area contributed by atoms with Gasteiger partial charge in [0.15, 0.2) is 0 Å². The third kappa shape index (κ3) is 4.33. The summed E-state index contributed by atoms with van der Waals surface area (Å²) in [6.07, 6.45) is 0.837. The molecule has 1 fully saturated rings. The van der Waals surface area contributed by atoms with E-state index < -0.39 is 31.6 Å². The number of nitrogens with zero attached hydrogens (tertiary/aromatic N) is 3. The normalized spacial score (nSPS) is 22.0. The first-order valence-corrected chi connectivity index (χ1v) is 12.5.